The molecule has 3 atom stereocenters. The van der Waals surface area contributed by atoms with Gasteiger partial charge in [0.05, 0.1) is 18.3 Å². The van der Waals surface area contributed by atoms with Crippen molar-refractivity contribution in [3.8, 4) is 0 Å². The van der Waals surface area contributed by atoms with Gasteiger partial charge < -0.3 is 4.74 Å². The van der Waals surface area contributed by atoms with E-state index in [1.165, 1.54) is 6.20 Å². The van der Waals surface area contributed by atoms with E-state index in [4.69, 9.17) is 10.6 Å². The highest BCUT2D eigenvalue weighted by molar-refractivity contribution is 5.19. The molecule has 94 valence electrons. The number of rotatable bonds is 4. The lowest BCUT2D eigenvalue weighted by Gasteiger charge is -2.26. The van der Waals surface area contributed by atoms with Crippen LogP contribution in [-0.2, 0) is 4.74 Å². The summed E-state index contributed by atoms with van der Waals surface area (Å²) in [6.45, 7) is 2.79. The summed E-state index contributed by atoms with van der Waals surface area (Å²) in [5, 5.41) is 0. The molecule has 1 fully saturated rings. The summed E-state index contributed by atoms with van der Waals surface area (Å²) in [4.78, 5) is 3.75. The Morgan fingerprint density at radius 2 is 2.53 bits per heavy atom. The quantitative estimate of drug-likeness (QED) is 0.618. The summed E-state index contributed by atoms with van der Waals surface area (Å²) in [6, 6.07) is 1.45. The first kappa shape index (κ1) is 12.4. The molecule has 3 unspecified atom stereocenters. The van der Waals surface area contributed by atoms with E-state index in [-0.39, 0.29) is 23.9 Å². The molecule has 1 aliphatic rings. The maximum atomic E-state index is 13.7. The smallest absolute Gasteiger partial charge is 0.146 e. The van der Waals surface area contributed by atoms with Gasteiger partial charge in [0.2, 0.25) is 0 Å². The molecule has 3 N–H and O–H groups in total. The van der Waals surface area contributed by atoms with Crippen LogP contribution < -0.4 is 11.3 Å². The zero-order chi connectivity index (χ0) is 12.3. The van der Waals surface area contributed by atoms with Crippen LogP contribution in [0.15, 0.2) is 18.5 Å². The van der Waals surface area contributed by atoms with Gasteiger partial charge in [-0.15, -0.1) is 0 Å². The van der Waals surface area contributed by atoms with Gasteiger partial charge in [-0.2, -0.15) is 0 Å². The molecular formula is C12H18FN3O. The van der Waals surface area contributed by atoms with Crippen LogP contribution in [0.1, 0.15) is 31.4 Å². The number of hydrogen-bond donors (Lipinski definition) is 2. The van der Waals surface area contributed by atoms with Gasteiger partial charge >= 0.3 is 0 Å². The van der Waals surface area contributed by atoms with Gasteiger partial charge in [0.25, 0.3) is 0 Å². The summed E-state index contributed by atoms with van der Waals surface area (Å²) in [7, 11) is 0. The lowest BCUT2D eigenvalue weighted by Crippen LogP contribution is -2.37. The van der Waals surface area contributed by atoms with E-state index in [1.807, 2.05) is 0 Å². The minimum atomic E-state index is -0.322. The van der Waals surface area contributed by atoms with Gasteiger partial charge in [-0.05, 0) is 18.9 Å². The highest BCUT2D eigenvalue weighted by Crippen LogP contribution is 2.34. The van der Waals surface area contributed by atoms with Crippen LogP contribution in [-0.4, -0.2) is 17.7 Å². The summed E-state index contributed by atoms with van der Waals surface area (Å²) >= 11 is 0. The molecule has 0 saturated carbocycles. The van der Waals surface area contributed by atoms with Gasteiger partial charge in [0, 0.05) is 24.3 Å². The van der Waals surface area contributed by atoms with Crippen LogP contribution in [0.2, 0.25) is 0 Å². The molecule has 17 heavy (non-hydrogen) atoms. The summed E-state index contributed by atoms with van der Waals surface area (Å²) in [5.41, 5.74) is 3.28. The van der Waals surface area contributed by atoms with Crippen molar-refractivity contribution in [2.45, 2.75) is 31.9 Å². The normalized spacial score (nSPS) is 26.1. The first-order valence-corrected chi connectivity index (χ1v) is 5.95. The predicted molar refractivity (Wildman–Crippen MR) is 62.4 cm³/mol. The van der Waals surface area contributed by atoms with Crippen molar-refractivity contribution in [1.29, 1.82) is 0 Å². The number of nitrogens with zero attached hydrogens (tertiary/aromatic N) is 1. The number of aromatic nitrogens is 1. The second-order valence-corrected chi connectivity index (χ2v) is 4.31. The molecule has 0 bridgehead atoms. The van der Waals surface area contributed by atoms with Gasteiger partial charge in [-0.3, -0.25) is 16.3 Å². The number of hydrogen-bond acceptors (Lipinski definition) is 4. The van der Waals surface area contributed by atoms with E-state index in [0.717, 1.165) is 12.8 Å². The van der Waals surface area contributed by atoms with Gasteiger partial charge in [-0.25, -0.2) is 4.39 Å². The topological polar surface area (TPSA) is 60.2 Å². The van der Waals surface area contributed by atoms with Crippen LogP contribution >= 0.6 is 0 Å². The Bertz CT molecular complexity index is 375. The molecule has 0 spiro atoms. The van der Waals surface area contributed by atoms with Crippen molar-refractivity contribution in [3.05, 3.63) is 29.8 Å². The Labute approximate surface area is 100 Å². The molecule has 1 aromatic heterocycles. The van der Waals surface area contributed by atoms with E-state index in [1.54, 1.807) is 12.3 Å². The largest absolute Gasteiger partial charge is 0.378 e. The van der Waals surface area contributed by atoms with Crippen molar-refractivity contribution in [3.63, 3.8) is 0 Å². The first-order chi connectivity index (χ1) is 8.27. The Kier molecular flexibility index (Phi) is 4.04. The molecule has 0 radical (unpaired) electrons. The highest BCUT2D eigenvalue weighted by atomic mass is 19.1. The van der Waals surface area contributed by atoms with Crippen molar-refractivity contribution in [2.24, 2.45) is 11.8 Å². The zero-order valence-electron chi connectivity index (χ0n) is 9.90. The van der Waals surface area contributed by atoms with E-state index in [9.17, 15) is 4.39 Å². The fraction of sp³-hybridized carbons (Fsp3) is 0.583. The van der Waals surface area contributed by atoms with Crippen LogP contribution in [0.4, 0.5) is 4.39 Å². The van der Waals surface area contributed by atoms with Crippen molar-refractivity contribution < 1.29 is 9.13 Å². The minimum absolute atomic E-state index is 0.142. The Morgan fingerprint density at radius 3 is 3.18 bits per heavy atom. The van der Waals surface area contributed by atoms with E-state index < -0.39 is 0 Å². The fourth-order valence-electron chi connectivity index (χ4n) is 2.55. The monoisotopic (exact) mass is 239 g/mol. The summed E-state index contributed by atoms with van der Waals surface area (Å²) < 4.78 is 19.3. The van der Waals surface area contributed by atoms with Crippen LogP contribution in [0.25, 0.3) is 0 Å². The average molecular weight is 239 g/mol. The number of halogens is 1. The second-order valence-electron chi connectivity index (χ2n) is 4.31. The third-order valence-electron chi connectivity index (χ3n) is 3.41. The van der Waals surface area contributed by atoms with Crippen molar-refractivity contribution in [2.75, 3.05) is 6.61 Å². The Morgan fingerprint density at radius 1 is 1.71 bits per heavy atom. The molecular weight excluding hydrogens is 221 g/mol. The average Bonchev–Trinajstić information content (AvgIpc) is 2.81. The highest BCUT2D eigenvalue weighted by Gasteiger charge is 2.35. The lowest BCUT2D eigenvalue weighted by atomic mass is 9.87. The van der Waals surface area contributed by atoms with E-state index in [2.05, 4.69) is 17.3 Å². The van der Waals surface area contributed by atoms with Crippen molar-refractivity contribution >= 4 is 0 Å². The fourth-order valence-corrected chi connectivity index (χ4v) is 2.55. The molecule has 0 aliphatic carbocycles. The minimum Gasteiger partial charge on any atom is -0.378 e. The van der Waals surface area contributed by atoms with Crippen molar-refractivity contribution in [1.82, 2.24) is 10.4 Å². The lowest BCUT2D eigenvalue weighted by molar-refractivity contribution is 0.0770. The molecule has 0 amide bonds. The predicted octanol–water partition coefficient (Wildman–Crippen LogP) is 1.54. The number of nitrogens with two attached hydrogens (primary N) is 1. The third-order valence-corrected chi connectivity index (χ3v) is 3.41. The molecule has 0 aromatic carbocycles. The first-order valence-electron chi connectivity index (χ1n) is 5.95. The number of hydrazine groups is 1. The summed E-state index contributed by atoms with van der Waals surface area (Å²) in [6.07, 6.45) is 4.75. The Hall–Kier alpha value is -1.04. The van der Waals surface area contributed by atoms with Crippen LogP contribution in [0.3, 0.4) is 0 Å². The third kappa shape index (κ3) is 2.46. The molecule has 2 rings (SSSR count). The summed E-state index contributed by atoms with van der Waals surface area (Å²) in [5.74, 6) is 5.47. The zero-order valence-corrected chi connectivity index (χ0v) is 9.90. The molecule has 1 aromatic rings. The number of ether oxygens (including phenoxy) is 1. The molecule has 1 aliphatic heterocycles. The SMILES string of the molecule is CCC1OCCC1C(NN)c1ccncc1F. The second kappa shape index (κ2) is 5.53. The van der Waals surface area contributed by atoms with Crippen LogP contribution in [0.5, 0.6) is 0 Å². The maximum absolute atomic E-state index is 13.7. The molecule has 4 nitrogen and oxygen atoms in total. The van der Waals surface area contributed by atoms with E-state index >= 15 is 0 Å². The van der Waals surface area contributed by atoms with Gasteiger partial charge in [0.1, 0.15) is 5.82 Å². The van der Waals surface area contributed by atoms with Gasteiger partial charge in [0.15, 0.2) is 0 Å². The molecule has 2 heterocycles. The standard InChI is InChI=1S/C12H18FN3O/c1-2-11-9(4-6-17-11)12(16-14)8-3-5-15-7-10(8)13/h3,5,7,9,11-12,16H,2,4,6,14H2,1H3. The molecule has 5 heteroatoms. The number of nitrogens with one attached hydrogen (secondary N) is 1. The van der Waals surface area contributed by atoms with Gasteiger partial charge in [-0.1, -0.05) is 6.92 Å². The van der Waals surface area contributed by atoms with Crippen LogP contribution in [0, 0.1) is 11.7 Å². The molecule has 1 saturated heterocycles. The van der Waals surface area contributed by atoms with E-state index in [0.29, 0.717) is 12.2 Å². The number of pyridine rings is 1. The maximum Gasteiger partial charge on any atom is 0.146 e. The Balaban J connectivity index is 2.24.